The molecule has 0 spiro atoms. The summed E-state index contributed by atoms with van der Waals surface area (Å²) in [6.07, 6.45) is -1.56. The molecular formula is C24H26F3N3O4. The molecule has 0 bridgehead atoms. The summed E-state index contributed by atoms with van der Waals surface area (Å²) < 4.78 is 54.1. The highest BCUT2D eigenvalue weighted by Gasteiger charge is 2.31. The number of hydrogen-bond acceptors (Lipinski definition) is 6. The molecule has 182 valence electrons. The molecule has 0 atom stereocenters. The molecular weight excluding hydrogens is 451 g/mol. The highest BCUT2D eigenvalue weighted by Crippen LogP contribution is 2.36. The second-order valence-corrected chi connectivity index (χ2v) is 8.21. The third-order valence-electron chi connectivity index (χ3n) is 5.93. The monoisotopic (exact) mass is 477 g/mol. The molecule has 1 N–H and O–H groups in total. The predicted octanol–water partition coefficient (Wildman–Crippen LogP) is 4.83. The van der Waals surface area contributed by atoms with Gasteiger partial charge in [0.2, 0.25) is 5.88 Å². The van der Waals surface area contributed by atoms with E-state index in [0.717, 1.165) is 42.6 Å². The predicted molar refractivity (Wildman–Crippen MR) is 117 cm³/mol. The Hall–Kier alpha value is -3.27. The zero-order chi connectivity index (χ0) is 24.1. The average Bonchev–Trinajstić information content (AvgIpc) is 3.20. The van der Waals surface area contributed by atoms with Crippen molar-refractivity contribution in [3.63, 3.8) is 0 Å². The number of aliphatic hydroxyl groups excluding tert-OH is 1. The molecule has 10 heteroatoms. The highest BCUT2D eigenvalue weighted by atomic mass is 19.4. The third kappa shape index (κ3) is 5.99. The SMILES string of the molecule is COc1ccc(Cn2nnc(CO)c2O[C@H]2CC[C@H](c3ccc(OC(F)(F)F)cc3)CC2)cc1. The van der Waals surface area contributed by atoms with E-state index >= 15 is 0 Å². The van der Waals surface area contributed by atoms with Crippen molar-refractivity contribution in [2.75, 3.05) is 7.11 Å². The molecule has 4 rings (SSSR count). The number of hydrogen-bond donors (Lipinski definition) is 1. The molecule has 7 nitrogen and oxygen atoms in total. The summed E-state index contributed by atoms with van der Waals surface area (Å²) >= 11 is 0. The maximum atomic E-state index is 12.4. The number of alkyl halides is 3. The number of methoxy groups -OCH3 is 1. The number of aliphatic hydroxyl groups is 1. The van der Waals surface area contributed by atoms with Gasteiger partial charge >= 0.3 is 6.36 Å². The lowest BCUT2D eigenvalue weighted by molar-refractivity contribution is -0.274. The summed E-state index contributed by atoms with van der Waals surface area (Å²) in [5.74, 6) is 1.23. The molecule has 2 aromatic carbocycles. The Bertz CT molecular complexity index is 1060. The lowest BCUT2D eigenvalue weighted by Crippen LogP contribution is -2.25. The summed E-state index contributed by atoms with van der Waals surface area (Å²) in [6, 6.07) is 13.7. The Kier molecular flexibility index (Phi) is 7.26. The quantitative estimate of drug-likeness (QED) is 0.501. The molecule has 1 aliphatic carbocycles. The first kappa shape index (κ1) is 23.9. The number of benzene rings is 2. The van der Waals surface area contributed by atoms with Crippen LogP contribution in [0.3, 0.4) is 0 Å². The second kappa shape index (κ2) is 10.3. The van der Waals surface area contributed by atoms with Crippen molar-refractivity contribution in [3.8, 4) is 17.4 Å². The maximum absolute atomic E-state index is 12.4. The van der Waals surface area contributed by atoms with Crippen LogP contribution in [-0.4, -0.2) is 39.7 Å². The van der Waals surface area contributed by atoms with E-state index in [1.807, 2.05) is 24.3 Å². The van der Waals surface area contributed by atoms with Crippen LogP contribution in [0.15, 0.2) is 48.5 Å². The number of ether oxygens (including phenoxy) is 3. The molecule has 1 fully saturated rings. The summed E-state index contributed by atoms with van der Waals surface area (Å²) in [7, 11) is 1.61. The minimum Gasteiger partial charge on any atom is -0.497 e. The first-order valence-electron chi connectivity index (χ1n) is 11.0. The highest BCUT2D eigenvalue weighted by molar-refractivity contribution is 5.30. The van der Waals surface area contributed by atoms with Gasteiger partial charge < -0.3 is 19.3 Å². The number of rotatable bonds is 8. The lowest BCUT2D eigenvalue weighted by atomic mass is 9.83. The van der Waals surface area contributed by atoms with E-state index in [4.69, 9.17) is 9.47 Å². The van der Waals surface area contributed by atoms with Crippen LogP contribution in [0.5, 0.6) is 17.4 Å². The van der Waals surface area contributed by atoms with E-state index in [-0.39, 0.29) is 24.4 Å². The maximum Gasteiger partial charge on any atom is 0.573 e. The van der Waals surface area contributed by atoms with Crippen molar-refractivity contribution in [1.29, 1.82) is 0 Å². The van der Waals surface area contributed by atoms with Crippen LogP contribution in [-0.2, 0) is 13.2 Å². The summed E-state index contributed by atoms with van der Waals surface area (Å²) in [5, 5.41) is 17.9. The fourth-order valence-electron chi connectivity index (χ4n) is 4.19. The minimum atomic E-state index is -4.70. The van der Waals surface area contributed by atoms with E-state index in [2.05, 4.69) is 15.0 Å². The molecule has 0 saturated heterocycles. The first-order valence-corrected chi connectivity index (χ1v) is 11.0. The lowest BCUT2D eigenvalue weighted by Gasteiger charge is -2.29. The van der Waals surface area contributed by atoms with Crippen molar-refractivity contribution in [2.45, 2.75) is 57.2 Å². The van der Waals surface area contributed by atoms with Gasteiger partial charge in [-0.25, -0.2) is 4.68 Å². The normalized spacial score (nSPS) is 18.5. The van der Waals surface area contributed by atoms with Gasteiger partial charge in [-0.2, -0.15) is 0 Å². The zero-order valence-electron chi connectivity index (χ0n) is 18.7. The number of nitrogens with zero attached hydrogens (tertiary/aromatic N) is 3. The Morgan fingerprint density at radius 2 is 1.62 bits per heavy atom. The van der Waals surface area contributed by atoms with Gasteiger partial charge in [-0.1, -0.05) is 29.5 Å². The molecule has 0 radical (unpaired) electrons. The van der Waals surface area contributed by atoms with E-state index in [1.165, 1.54) is 12.1 Å². The largest absolute Gasteiger partial charge is 0.573 e. The molecule has 0 aliphatic heterocycles. The standard InChI is InChI=1S/C24H26F3N3O4/c1-32-19-8-2-16(3-9-19)14-30-23(22(15-31)28-29-30)33-20-10-4-17(5-11-20)18-6-12-21(13-7-18)34-24(25,26)27/h2-3,6-9,12-13,17,20,31H,4-5,10-11,14-15H2,1H3/t17-,20-. The van der Waals surface area contributed by atoms with Crippen LogP contribution in [0.2, 0.25) is 0 Å². The van der Waals surface area contributed by atoms with E-state index < -0.39 is 6.36 Å². The van der Waals surface area contributed by atoms with E-state index in [1.54, 1.807) is 23.9 Å². The van der Waals surface area contributed by atoms with Crippen LogP contribution >= 0.6 is 0 Å². The first-order chi connectivity index (χ1) is 16.3. The van der Waals surface area contributed by atoms with Crippen molar-refractivity contribution in [2.24, 2.45) is 0 Å². The van der Waals surface area contributed by atoms with Crippen LogP contribution in [0.25, 0.3) is 0 Å². The summed E-state index contributed by atoms with van der Waals surface area (Å²) in [5.41, 5.74) is 2.35. The Labute approximate surface area is 195 Å². The van der Waals surface area contributed by atoms with Gasteiger partial charge in [-0.05, 0) is 67.0 Å². The molecule has 3 aromatic rings. The van der Waals surface area contributed by atoms with Crippen LogP contribution in [0.1, 0.15) is 48.4 Å². The Balaban J connectivity index is 1.37. The van der Waals surface area contributed by atoms with Gasteiger partial charge in [0, 0.05) is 0 Å². The van der Waals surface area contributed by atoms with Gasteiger partial charge in [0.1, 0.15) is 17.6 Å². The van der Waals surface area contributed by atoms with Crippen molar-refractivity contribution in [1.82, 2.24) is 15.0 Å². The Morgan fingerprint density at radius 1 is 0.971 bits per heavy atom. The van der Waals surface area contributed by atoms with Crippen LogP contribution in [0, 0.1) is 0 Å². The van der Waals surface area contributed by atoms with Crippen LogP contribution < -0.4 is 14.2 Å². The molecule has 0 amide bonds. The Morgan fingerprint density at radius 3 is 2.21 bits per heavy atom. The molecule has 34 heavy (non-hydrogen) atoms. The van der Waals surface area contributed by atoms with Gasteiger partial charge in [0.25, 0.3) is 0 Å². The fraction of sp³-hybridized carbons (Fsp3) is 0.417. The van der Waals surface area contributed by atoms with Crippen molar-refractivity contribution >= 4 is 0 Å². The van der Waals surface area contributed by atoms with Crippen molar-refractivity contribution < 1.29 is 32.5 Å². The molecule has 0 unspecified atom stereocenters. The topological polar surface area (TPSA) is 78.6 Å². The van der Waals surface area contributed by atoms with Gasteiger partial charge in [0.05, 0.1) is 20.3 Å². The van der Waals surface area contributed by atoms with Crippen LogP contribution in [0.4, 0.5) is 13.2 Å². The molecule has 1 saturated carbocycles. The average molecular weight is 477 g/mol. The fourth-order valence-corrected chi connectivity index (χ4v) is 4.19. The summed E-state index contributed by atoms with van der Waals surface area (Å²) in [6.45, 7) is 0.160. The smallest absolute Gasteiger partial charge is 0.497 e. The van der Waals surface area contributed by atoms with E-state index in [9.17, 15) is 18.3 Å². The molecule has 1 aliphatic rings. The number of aromatic nitrogens is 3. The third-order valence-corrected chi connectivity index (χ3v) is 5.93. The van der Waals surface area contributed by atoms with Crippen molar-refractivity contribution in [3.05, 3.63) is 65.4 Å². The molecule has 1 aromatic heterocycles. The van der Waals surface area contributed by atoms with Gasteiger partial charge in [-0.3, -0.25) is 0 Å². The van der Waals surface area contributed by atoms with Gasteiger partial charge in [0.15, 0.2) is 5.69 Å². The minimum absolute atomic E-state index is 0.0671. The molecule has 1 heterocycles. The second-order valence-electron chi connectivity index (χ2n) is 8.21. The van der Waals surface area contributed by atoms with E-state index in [0.29, 0.717) is 18.1 Å². The zero-order valence-corrected chi connectivity index (χ0v) is 18.7. The summed E-state index contributed by atoms with van der Waals surface area (Å²) in [4.78, 5) is 0. The van der Waals surface area contributed by atoms with Gasteiger partial charge in [-0.15, -0.1) is 18.3 Å². The number of halogens is 3.